The Labute approximate surface area is 164 Å². The van der Waals surface area contributed by atoms with Crippen molar-refractivity contribution in [2.24, 2.45) is 7.05 Å². The van der Waals surface area contributed by atoms with Gasteiger partial charge in [0, 0.05) is 45.3 Å². The molecule has 0 bridgehead atoms. The van der Waals surface area contributed by atoms with Crippen LogP contribution in [-0.2, 0) is 20.0 Å². The molecular weight excluding hydrogens is 352 g/mol. The minimum absolute atomic E-state index is 0.0412. The van der Waals surface area contributed by atoms with Gasteiger partial charge in [0.05, 0.1) is 11.0 Å². The maximum absolute atomic E-state index is 12.9. The number of rotatable bonds is 4. The van der Waals surface area contributed by atoms with Gasteiger partial charge in [0.1, 0.15) is 0 Å². The van der Waals surface area contributed by atoms with Crippen molar-refractivity contribution in [2.75, 3.05) is 33.2 Å². The zero-order valence-corrected chi connectivity index (χ0v) is 16.5. The van der Waals surface area contributed by atoms with Crippen LogP contribution in [0.3, 0.4) is 0 Å². The number of aryl methyl sites for hydroxylation is 3. The first-order valence-corrected chi connectivity index (χ1v) is 9.75. The van der Waals surface area contributed by atoms with Gasteiger partial charge < -0.3 is 9.80 Å². The fourth-order valence-corrected chi connectivity index (χ4v) is 3.83. The van der Waals surface area contributed by atoms with E-state index < -0.39 is 0 Å². The molecule has 1 aliphatic heterocycles. The second-order valence-electron chi connectivity index (χ2n) is 7.53. The molecule has 0 spiro atoms. The van der Waals surface area contributed by atoms with Crippen LogP contribution in [0.25, 0.3) is 11.0 Å². The molecule has 28 heavy (non-hydrogen) atoms. The zero-order valence-electron chi connectivity index (χ0n) is 16.5. The van der Waals surface area contributed by atoms with Gasteiger partial charge in [-0.15, -0.1) is 0 Å². The smallest absolute Gasteiger partial charge is 0.328 e. The lowest BCUT2D eigenvalue weighted by molar-refractivity contribution is 0.0664. The Balaban J connectivity index is 1.61. The van der Waals surface area contributed by atoms with Crippen LogP contribution < -0.4 is 5.69 Å². The van der Waals surface area contributed by atoms with E-state index in [0.717, 1.165) is 43.6 Å². The molecule has 4 rings (SSSR count). The van der Waals surface area contributed by atoms with Gasteiger partial charge in [-0.25, -0.2) is 4.79 Å². The topological polar surface area (TPSA) is 50.5 Å². The molecule has 3 aromatic rings. The van der Waals surface area contributed by atoms with Gasteiger partial charge >= 0.3 is 5.69 Å². The molecule has 6 heteroatoms. The minimum atomic E-state index is -0.0462. The van der Waals surface area contributed by atoms with E-state index in [1.54, 1.807) is 16.2 Å². The highest BCUT2D eigenvalue weighted by molar-refractivity contribution is 5.97. The first-order valence-electron chi connectivity index (χ1n) is 9.75. The number of hydrogen-bond donors (Lipinski definition) is 0. The van der Waals surface area contributed by atoms with Gasteiger partial charge in [0.25, 0.3) is 5.91 Å². The van der Waals surface area contributed by atoms with Crippen molar-refractivity contribution in [2.45, 2.75) is 13.0 Å². The lowest BCUT2D eigenvalue weighted by Gasteiger charge is -2.32. The van der Waals surface area contributed by atoms with Gasteiger partial charge in [-0.1, -0.05) is 30.3 Å². The molecule has 2 aromatic carbocycles. The molecule has 1 aromatic heterocycles. The first kappa shape index (κ1) is 18.5. The monoisotopic (exact) mass is 378 g/mol. The normalized spacial score (nSPS) is 15.3. The number of fused-ring (bicyclic) bond motifs is 1. The Morgan fingerprint density at radius 1 is 0.929 bits per heavy atom. The van der Waals surface area contributed by atoms with E-state index in [0.29, 0.717) is 12.1 Å². The average molecular weight is 378 g/mol. The highest BCUT2D eigenvalue weighted by Gasteiger charge is 2.21. The van der Waals surface area contributed by atoms with E-state index in [-0.39, 0.29) is 11.6 Å². The van der Waals surface area contributed by atoms with Crippen molar-refractivity contribution in [1.82, 2.24) is 18.9 Å². The fraction of sp³-hybridized carbons (Fsp3) is 0.364. The molecule has 1 amide bonds. The SMILES string of the molecule is CN1CCN(C(=O)c2ccc3c(c2)n(C)c(=O)n3CCc2ccccc2)CC1. The molecule has 1 saturated heterocycles. The Hall–Kier alpha value is -2.86. The zero-order chi connectivity index (χ0) is 19.7. The summed E-state index contributed by atoms with van der Waals surface area (Å²) in [7, 11) is 3.84. The number of likely N-dealkylation sites (N-methyl/N-ethyl adjacent to an activating group) is 1. The molecule has 0 radical (unpaired) electrons. The van der Waals surface area contributed by atoms with Crippen molar-refractivity contribution < 1.29 is 4.79 Å². The molecule has 1 aliphatic rings. The van der Waals surface area contributed by atoms with Crippen molar-refractivity contribution in [1.29, 1.82) is 0 Å². The Bertz CT molecular complexity index is 1040. The van der Waals surface area contributed by atoms with E-state index in [2.05, 4.69) is 24.1 Å². The molecule has 0 saturated carbocycles. The largest absolute Gasteiger partial charge is 0.336 e. The van der Waals surface area contributed by atoms with E-state index in [4.69, 9.17) is 0 Å². The number of imidazole rings is 1. The van der Waals surface area contributed by atoms with Gasteiger partial charge in [-0.3, -0.25) is 13.9 Å². The predicted molar refractivity (Wildman–Crippen MR) is 111 cm³/mol. The number of carbonyl (C=O) groups excluding carboxylic acids is 1. The van der Waals surface area contributed by atoms with Crippen LogP contribution in [0.4, 0.5) is 0 Å². The maximum Gasteiger partial charge on any atom is 0.328 e. The third kappa shape index (κ3) is 3.47. The van der Waals surface area contributed by atoms with E-state index >= 15 is 0 Å². The van der Waals surface area contributed by atoms with Crippen LogP contribution in [0.2, 0.25) is 0 Å². The molecular formula is C22H26N4O2. The lowest BCUT2D eigenvalue weighted by atomic mass is 10.1. The van der Waals surface area contributed by atoms with Crippen LogP contribution in [0.15, 0.2) is 53.3 Å². The number of amides is 1. The van der Waals surface area contributed by atoms with Crippen LogP contribution in [0.5, 0.6) is 0 Å². The van der Waals surface area contributed by atoms with E-state index in [9.17, 15) is 9.59 Å². The maximum atomic E-state index is 12.9. The summed E-state index contributed by atoms with van der Waals surface area (Å²) in [5, 5.41) is 0. The first-order chi connectivity index (χ1) is 13.5. The van der Waals surface area contributed by atoms with Crippen LogP contribution >= 0.6 is 0 Å². The van der Waals surface area contributed by atoms with Gasteiger partial charge in [0.15, 0.2) is 0 Å². The highest BCUT2D eigenvalue weighted by Crippen LogP contribution is 2.18. The van der Waals surface area contributed by atoms with Crippen LogP contribution in [0, 0.1) is 0 Å². The summed E-state index contributed by atoms with van der Waals surface area (Å²) in [6.45, 7) is 3.88. The second-order valence-corrected chi connectivity index (χ2v) is 7.53. The molecule has 0 unspecified atom stereocenters. The summed E-state index contributed by atoms with van der Waals surface area (Å²) in [5.74, 6) is 0.0412. The van der Waals surface area contributed by atoms with Crippen molar-refractivity contribution in [3.05, 3.63) is 70.1 Å². The molecule has 0 N–H and O–H groups in total. The van der Waals surface area contributed by atoms with Gasteiger partial charge in [0.2, 0.25) is 0 Å². The third-order valence-corrected chi connectivity index (χ3v) is 5.65. The number of hydrogen-bond acceptors (Lipinski definition) is 3. The quantitative estimate of drug-likeness (QED) is 0.698. The highest BCUT2D eigenvalue weighted by atomic mass is 16.2. The summed E-state index contributed by atoms with van der Waals surface area (Å²) in [6, 6.07) is 15.8. The van der Waals surface area contributed by atoms with Gasteiger partial charge in [-0.05, 0) is 37.2 Å². The molecule has 6 nitrogen and oxygen atoms in total. The van der Waals surface area contributed by atoms with Crippen molar-refractivity contribution in [3.8, 4) is 0 Å². The van der Waals surface area contributed by atoms with Crippen LogP contribution in [-0.4, -0.2) is 58.1 Å². The third-order valence-electron chi connectivity index (χ3n) is 5.65. The average Bonchev–Trinajstić information content (AvgIpc) is 2.97. The van der Waals surface area contributed by atoms with Crippen LogP contribution in [0.1, 0.15) is 15.9 Å². The standard InChI is InChI=1S/C22H26N4O2/c1-23-12-14-25(15-13-23)21(27)18-8-9-19-20(16-18)24(2)22(28)26(19)11-10-17-6-4-3-5-7-17/h3-9,16H,10-15H2,1-2H3. The number of piperazine rings is 1. The second kappa shape index (κ2) is 7.64. The number of nitrogens with zero attached hydrogens (tertiary/aromatic N) is 4. The Kier molecular flexibility index (Phi) is 5.05. The van der Waals surface area contributed by atoms with Crippen molar-refractivity contribution in [3.63, 3.8) is 0 Å². The fourth-order valence-electron chi connectivity index (χ4n) is 3.83. The molecule has 1 fully saturated rings. The van der Waals surface area contributed by atoms with E-state index in [1.165, 1.54) is 5.56 Å². The summed E-state index contributed by atoms with van der Waals surface area (Å²) in [6.07, 6.45) is 0.793. The van der Waals surface area contributed by atoms with Gasteiger partial charge in [-0.2, -0.15) is 0 Å². The number of carbonyl (C=O) groups is 1. The molecule has 2 heterocycles. The molecule has 0 atom stereocenters. The van der Waals surface area contributed by atoms with E-state index in [1.807, 2.05) is 41.3 Å². The summed E-state index contributed by atoms with van der Waals surface area (Å²) >= 11 is 0. The Morgan fingerprint density at radius 2 is 1.64 bits per heavy atom. The number of aromatic nitrogens is 2. The predicted octanol–water partition coefficient (Wildman–Crippen LogP) is 1.97. The molecule has 0 aliphatic carbocycles. The number of benzene rings is 2. The minimum Gasteiger partial charge on any atom is -0.336 e. The lowest BCUT2D eigenvalue weighted by Crippen LogP contribution is -2.47. The summed E-state index contributed by atoms with van der Waals surface area (Å²) < 4.78 is 3.44. The molecule has 146 valence electrons. The summed E-state index contributed by atoms with van der Waals surface area (Å²) in [4.78, 5) is 29.8. The summed E-state index contributed by atoms with van der Waals surface area (Å²) in [5.41, 5.74) is 3.48. The Morgan fingerprint density at radius 3 is 2.36 bits per heavy atom. The van der Waals surface area contributed by atoms with Crippen molar-refractivity contribution >= 4 is 16.9 Å².